The topological polar surface area (TPSA) is 46.6 Å². The van der Waals surface area contributed by atoms with E-state index in [0.717, 1.165) is 5.69 Å². The molecule has 1 heterocycles. The van der Waals surface area contributed by atoms with Crippen LogP contribution in [0.15, 0.2) is 30.3 Å². The molecule has 4 nitrogen and oxygen atoms in total. The van der Waals surface area contributed by atoms with Gasteiger partial charge in [0, 0.05) is 18.5 Å². The van der Waals surface area contributed by atoms with E-state index in [-0.39, 0.29) is 17.9 Å². The molecule has 0 radical (unpaired) electrons. The van der Waals surface area contributed by atoms with Crippen LogP contribution >= 0.6 is 0 Å². The van der Waals surface area contributed by atoms with Crippen LogP contribution < -0.4 is 4.90 Å². The first-order chi connectivity index (χ1) is 8.22. The molecule has 1 amide bonds. The zero-order valence-corrected chi connectivity index (χ0v) is 9.76. The number of anilines is 1. The molecule has 1 aliphatic heterocycles. The van der Waals surface area contributed by atoms with E-state index in [4.69, 9.17) is 4.74 Å². The van der Waals surface area contributed by atoms with Crippen LogP contribution in [0, 0.1) is 0 Å². The van der Waals surface area contributed by atoms with E-state index in [9.17, 15) is 9.59 Å². The van der Waals surface area contributed by atoms with Crippen LogP contribution in [0.5, 0.6) is 0 Å². The molecule has 0 N–H and O–H groups in total. The van der Waals surface area contributed by atoms with Gasteiger partial charge in [-0.25, -0.2) is 4.79 Å². The first-order valence-corrected chi connectivity index (χ1v) is 5.75. The predicted molar refractivity (Wildman–Crippen MR) is 64.0 cm³/mol. The number of hydrogen-bond donors (Lipinski definition) is 0. The summed E-state index contributed by atoms with van der Waals surface area (Å²) in [4.78, 5) is 24.7. The number of carbonyl (C=O) groups is 2. The lowest BCUT2D eigenvalue weighted by molar-refractivity contribution is -0.119. The minimum atomic E-state index is -0.370. The Bertz CT molecular complexity index is 416. The molecule has 0 bridgehead atoms. The monoisotopic (exact) mass is 233 g/mol. The van der Waals surface area contributed by atoms with Crippen molar-refractivity contribution in [3.8, 4) is 0 Å². The maximum atomic E-state index is 11.6. The van der Waals surface area contributed by atoms with Crippen molar-refractivity contribution in [3.63, 3.8) is 0 Å². The lowest BCUT2D eigenvalue weighted by atomic mass is 10.1. The molecule has 0 aliphatic carbocycles. The minimum absolute atomic E-state index is 0.147. The van der Waals surface area contributed by atoms with Crippen LogP contribution in [0.3, 0.4) is 0 Å². The Labute approximate surface area is 100 Å². The number of cyclic esters (lactones) is 1. The average Bonchev–Trinajstić information content (AvgIpc) is 2.71. The van der Waals surface area contributed by atoms with Crippen LogP contribution in [-0.4, -0.2) is 24.5 Å². The number of amides is 1. The summed E-state index contributed by atoms with van der Waals surface area (Å²) < 4.78 is 5.01. The predicted octanol–water partition coefficient (Wildman–Crippen LogP) is 2.38. The van der Waals surface area contributed by atoms with E-state index < -0.39 is 0 Å². The number of Topliss-reactive ketones (excluding diaryl/α,β-unsaturated/α-hetero) is 1. The Balaban J connectivity index is 2.17. The van der Waals surface area contributed by atoms with Crippen molar-refractivity contribution >= 4 is 17.6 Å². The Hall–Kier alpha value is -1.84. The molecule has 0 saturated carbocycles. The van der Waals surface area contributed by atoms with Crippen molar-refractivity contribution in [2.45, 2.75) is 25.8 Å². The fourth-order valence-electron chi connectivity index (χ4n) is 1.92. The van der Waals surface area contributed by atoms with E-state index in [1.54, 1.807) is 4.90 Å². The van der Waals surface area contributed by atoms with Gasteiger partial charge in [0.05, 0.1) is 6.04 Å². The van der Waals surface area contributed by atoms with Crippen LogP contribution in [0.4, 0.5) is 10.5 Å². The smallest absolute Gasteiger partial charge is 0.414 e. The molecule has 1 saturated heterocycles. The van der Waals surface area contributed by atoms with Gasteiger partial charge in [-0.15, -0.1) is 0 Å². The third-order valence-corrected chi connectivity index (χ3v) is 2.85. The van der Waals surface area contributed by atoms with Gasteiger partial charge in [0.25, 0.3) is 0 Å². The maximum Gasteiger partial charge on any atom is 0.414 e. The van der Waals surface area contributed by atoms with Crippen molar-refractivity contribution < 1.29 is 14.3 Å². The van der Waals surface area contributed by atoms with Gasteiger partial charge in [0.1, 0.15) is 12.4 Å². The number of hydrogen-bond acceptors (Lipinski definition) is 3. The summed E-state index contributed by atoms with van der Waals surface area (Å²) in [6.07, 6.45) is 0.481. The Morgan fingerprint density at radius 2 is 2.12 bits per heavy atom. The van der Waals surface area contributed by atoms with Gasteiger partial charge in [-0.05, 0) is 12.1 Å². The lowest BCUT2D eigenvalue weighted by Gasteiger charge is -2.20. The summed E-state index contributed by atoms with van der Waals surface area (Å²) in [5.74, 6) is 0.147. The number of para-hydroxylation sites is 1. The fraction of sp³-hybridized carbons (Fsp3) is 0.385. The molecule has 90 valence electrons. The second kappa shape index (κ2) is 4.99. The highest BCUT2D eigenvalue weighted by Crippen LogP contribution is 2.24. The van der Waals surface area contributed by atoms with E-state index in [1.807, 2.05) is 37.3 Å². The second-order valence-corrected chi connectivity index (χ2v) is 4.03. The molecule has 2 rings (SSSR count). The zero-order valence-electron chi connectivity index (χ0n) is 9.76. The number of benzene rings is 1. The molecule has 1 unspecified atom stereocenters. The molecule has 0 spiro atoms. The Kier molecular flexibility index (Phi) is 3.42. The summed E-state index contributed by atoms with van der Waals surface area (Å²) >= 11 is 0. The third-order valence-electron chi connectivity index (χ3n) is 2.85. The first-order valence-electron chi connectivity index (χ1n) is 5.75. The number of nitrogens with zero attached hydrogens (tertiary/aromatic N) is 1. The number of rotatable bonds is 4. The summed E-state index contributed by atoms with van der Waals surface area (Å²) in [6, 6.07) is 9.12. The van der Waals surface area contributed by atoms with Crippen molar-refractivity contribution in [1.82, 2.24) is 0 Å². The highest BCUT2D eigenvalue weighted by molar-refractivity contribution is 5.92. The van der Waals surface area contributed by atoms with E-state index in [1.165, 1.54) is 0 Å². The number of ketones is 1. The number of carbonyl (C=O) groups excluding carboxylic acids is 2. The lowest BCUT2D eigenvalue weighted by Crippen LogP contribution is -2.34. The standard InChI is InChI=1S/C13H15NO3/c1-2-12(15)8-11-9-17-13(16)14(11)10-6-4-3-5-7-10/h3-7,11H,2,8-9H2,1H3. The molecule has 0 aromatic heterocycles. The van der Waals surface area contributed by atoms with Crippen LogP contribution in [0.25, 0.3) is 0 Å². The van der Waals surface area contributed by atoms with Gasteiger partial charge < -0.3 is 4.74 Å². The van der Waals surface area contributed by atoms with Gasteiger partial charge in [-0.1, -0.05) is 25.1 Å². The average molecular weight is 233 g/mol. The molecular weight excluding hydrogens is 218 g/mol. The van der Waals surface area contributed by atoms with E-state index in [2.05, 4.69) is 0 Å². The molecule has 1 aliphatic rings. The SMILES string of the molecule is CCC(=O)CC1COC(=O)N1c1ccccc1. The van der Waals surface area contributed by atoms with Crippen molar-refractivity contribution in [2.24, 2.45) is 0 Å². The zero-order chi connectivity index (χ0) is 12.3. The molecule has 1 aromatic carbocycles. The molecule has 1 aromatic rings. The Morgan fingerprint density at radius 1 is 1.41 bits per heavy atom. The number of ether oxygens (including phenoxy) is 1. The largest absolute Gasteiger partial charge is 0.447 e. The highest BCUT2D eigenvalue weighted by Gasteiger charge is 2.34. The van der Waals surface area contributed by atoms with Crippen molar-refractivity contribution in [3.05, 3.63) is 30.3 Å². The van der Waals surface area contributed by atoms with Crippen molar-refractivity contribution in [2.75, 3.05) is 11.5 Å². The summed E-state index contributed by atoms with van der Waals surface area (Å²) in [7, 11) is 0. The summed E-state index contributed by atoms with van der Waals surface area (Å²) in [6.45, 7) is 2.12. The van der Waals surface area contributed by atoms with E-state index >= 15 is 0 Å². The third kappa shape index (κ3) is 2.46. The summed E-state index contributed by atoms with van der Waals surface area (Å²) in [5.41, 5.74) is 0.781. The molecule has 1 atom stereocenters. The van der Waals surface area contributed by atoms with Gasteiger partial charge in [0.15, 0.2) is 0 Å². The first kappa shape index (κ1) is 11.6. The minimum Gasteiger partial charge on any atom is -0.447 e. The quantitative estimate of drug-likeness (QED) is 0.802. The molecule has 17 heavy (non-hydrogen) atoms. The van der Waals surface area contributed by atoms with Gasteiger partial charge in [-0.3, -0.25) is 9.69 Å². The van der Waals surface area contributed by atoms with Gasteiger partial charge in [0.2, 0.25) is 0 Å². The maximum absolute atomic E-state index is 11.6. The van der Waals surface area contributed by atoms with E-state index in [0.29, 0.717) is 19.4 Å². The van der Waals surface area contributed by atoms with Crippen molar-refractivity contribution in [1.29, 1.82) is 0 Å². The molecular formula is C13H15NO3. The fourth-order valence-corrected chi connectivity index (χ4v) is 1.92. The molecule has 1 fully saturated rings. The van der Waals surface area contributed by atoms with Gasteiger partial charge >= 0.3 is 6.09 Å². The van der Waals surface area contributed by atoms with Gasteiger partial charge in [-0.2, -0.15) is 0 Å². The highest BCUT2D eigenvalue weighted by atomic mass is 16.6. The Morgan fingerprint density at radius 3 is 2.76 bits per heavy atom. The second-order valence-electron chi connectivity index (χ2n) is 4.03. The normalized spacial score (nSPS) is 19.2. The van der Waals surface area contributed by atoms with Crippen LogP contribution in [0.1, 0.15) is 19.8 Å². The van der Waals surface area contributed by atoms with Crippen LogP contribution in [-0.2, 0) is 9.53 Å². The summed E-state index contributed by atoms with van der Waals surface area (Å²) in [5, 5.41) is 0. The molecule has 4 heteroatoms. The van der Waals surface area contributed by atoms with Crippen LogP contribution in [0.2, 0.25) is 0 Å².